The highest BCUT2D eigenvalue weighted by Gasteiger charge is 2.23. The van der Waals surface area contributed by atoms with Crippen LogP contribution in [0.3, 0.4) is 0 Å². The van der Waals surface area contributed by atoms with Crippen molar-refractivity contribution in [2.24, 2.45) is 5.84 Å². The first kappa shape index (κ1) is 17.1. The lowest BCUT2D eigenvalue weighted by molar-refractivity contribution is 0.00702. The Morgan fingerprint density at radius 2 is 2.05 bits per heavy atom. The average molecular weight is 282 g/mol. The standard InChI is InChI=1S/C15H30N4O/c1-6-14(7-2)19-9-8-12(18-19)10-13(17-16)11-15(3,4)20-5/h8-9,13-14,17H,6-7,10-11,16H2,1-5H3. The number of nitrogens with zero attached hydrogens (tertiary/aromatic N) is 2. The van der Waals surface area contributed by atoms with Crippen molar-refractivity contribution in [3.05, 3.63) is 18.0 Å². The summed E-state index contributed by atoms with van der Waals surface area (Å²) in [7, 11) is 1.73. The van der Waals surface area contributed by atoms with E-state index in [-0.39, 0.29) is 11.6 Å². The third-order valence-electron chi connectivity index (χ3n) is 3.96. The average Bonchev–Trinajstić information content (AvgIpc) is 2.87. The molecule has 5 nitrogen and oxygen atoms in total. The zero-order chi connectivity index (χ0) is 15.2. The van der Waals surface area contributed by atoms with Crippen LogP contribution >= 0.6 is 0 Å². The number of nitrogens with two attached hydrogens (primary N) is 1. The van der Waals surface area contributed by atoms with E-state index in [2.05, 4.69) is 55.2 Å². The minimum Gasteiger partial charge on any atom is -0.379 e. The van der Waals surface area contributed by atoms with Crippen LogP contribution in [0.1, 0.15) is 58.7 Å². The van der Waals surface area contributed by atoms with Crippen molar-refractivity contribution in [2.75, 3.05) is 7.11 Å². The summed E-state index contributed by atoms with van der Waals surface area (Å²) in [6.45, 7) is 8.53. The molecule has 0 bridgehead atoms. The second kappa shape index (κ2) is 7.76. The van der Waals surface area contributed by atoms with Crippen molar-refractivity contribution in [1.82, 2.24) is 15.2 Å². The predicted molar refractivity (Wildman–Crippen MR) is 82.4 cm³/mol. The normalized spacial score (nSPS) is 13.9. The molecule has 0 spiro atoms. The van der Waals surface area contributed by atoms with E-state index in [4.69, 9.17) is 10.6 Å². The SMILES string of the molecule is CCC(CC)n1ccc(CC(CC(C)(C)OC)NN)n1. The van der Waals surface area contributed by atoms with E-state index in [0.717, 1.165) is 31.4 Å². The Hall–Kier alpha value is -0.910. The number of methoxy groups -OCH3 is 1. The summed E-state index contributed by atoms with van der Waals surface area (Å²) in [6.07, 6.45) is 5.94. The van der Waals surface area contributed by atoms with Crippen molar-refractivity contribution >= 4 is 0 Å². The van der Waals surface area contributed by atoms with E-state index in [1.165, 1.54) is 0 Å². The van der Waals surface area contributed by atoms with Crippen LogP contribution in [0, 0.1) is 0 Å². The summed E-state index contributed by atoms with van der Waals surface area (Å²) in [4.78, 5) is 0. The second-order valence-corrected chi connectivity index (χ2v) is 5.99. The van der Waals surface area contributed by atoms with Gasteiger partial charge in [0.05, 0.1) is 17.3 Å². The molecule has 116 valence electrons. The number of rotatable bonds is 9. The fourth-order valence-electron chi connectivity index (χ4n) is 2.47. The van der Waals surface area contributed by atoms with Crippen molar-refractivity contribution in [1.29, 1.82) is 0 Å². The van der Waals surface area contributed by atoms with E-state index in [0.29, 0.717) is 6.04 Å². The van der Waals surface area contributed by atoms with Crippen LogP contribution in [-0.4, -0.2) is 28.5 Å². The molecule has 0 aliphatic rings. The third kappa shape index (κ3) is 4.89. The van der Waals surface area contributed by atoms with Crippen LogP contribution in [0.15, 0.2) is 12.3 Å². The van der Waals surface area contributed by atoms with Crippen molar-refractivity contribution in [3.63, 3.8) is 0 Å². The van der Waals surface area contributed by atoms with Gasteiger partial charge in [-0.25, -0.2) is 0 Å². The van der Waals surface area contributed by atoms with Crippen LogP contribution in [0.2, 0.25) is 0 Å². The molecule has 20 heavy (non-hydrogen) atoms. The lowest BCUT2D eigenvalue weighted by Crippen LogP contribution is -2.42. The summed E-state index contributed by atoms with van der Waals surface area (Å²) in [5.41, 5.74) is 3.77. The van der Waals surface area contributed by atoms with Gasteiger partial charge in [0.2, 0.25) is 0 Å². The van der Waals surface area contributed by atoms with Gasteiger partial charge in [-0.2, -0.15) is 5.10 Å². The summed E-state index contributed by atoms with van der Waals surface area (Å²) in [5, 5.41) is 4.68. The van der Waals surface area contributed by atoms with E-state index in [9.17, 15) is 0 Å². The second-order valence-electron chi connectivity index (χ2n) is 5.99. The minimum atomic E-state index is -0.186. The maximum Gasteiger partial charge on any atom is 0.0640 e. The van der Waals surface area contributed by atoms with E-state index >= 15 is 0 Å². The van der Waals surface area contributed by atoms with Crippen LogP contribution in [0.4, 0.5) is 0 Å². The topological polar surface area (TPSA) is 65.1 Å². The summed E-state index contributed by atoms with van der Waals surface area (Å²) < 4.78 is 7.54. The summed E-state index contributed by atoms with van der Waals surface area (Å²) >= 11 is 0. The minimum absolute atomic E-state index is 0.162. The van der Waals surface area contributed by atoms with Crippen LogP contribution in [0.5, 0.6) is 0 Å². The molecular weight excluding hydrogens is 252 g/mol. The van der Waals surface area contributed by atoms with Crippen LogP contribution < -0.4 is 11.3 Å². The fraction of sp³-hybridized carbons (Fsp3) is 0.800. The maximum absolute atomic E-state index is 5.66. The predicted octanol–water partition coefficient (Wildman–Crippen LogP) is 2.43. The molecule has 5 heteroatoms. The molecule has 0 fully saturated rings. The first-order valence-electron chi connectivity index (χ1n) is 7.51. The molecule has 1 rings (SSSR count). The van der Waals surface area contributed by atoms with Crippen molar-refractivity contribution in [3.8, 4) is 0 Å². The zero-order valence-corrected chi connectivity index (χ0v) is 13.5. The first-order valence-corrected chi connectivity index (χ1v) is 7.51. The molecule has 0 saturated heterocycles. The molecule has 1 aromatic rings. The number of hydrogen-bond donors (Lipinski definition) is 2. The summed E-state index contributed by atoms with van der Waals surface area (Å²) in [6, 6.07) is 2.74. The lowest BCUT2D eigenvalue weighted by atomic mass is 9.96. The smallest absolute Gasteiger partial charge is 0.0640 e. The van der Waals surface area contributed by atoms with Crippen molar-refractivity contribution < 1.29 is 4.74 Å². The number of hydrogen-bond acceptors (Lipinski definition) is 4. The highest BCUT2D eigenvalue weighted by atomic mass is 16.5. The number of hydrazine groups is 1. The Labute approximate surface area is 122 Å². The highest BCUT2D eigenvalue weighted by Crippen LogP contribution is 2.19. The molecule has 0 aromatic carbocycles. The van der Waals surface area contributed by atoms with Gasteiger partial charge in [-0.05, 0) is 39.2 Å². The molecule has 1 aromatic heterocycles. The van der Waals surface area contributed by atoms with Gasteiger partial charge in [0, 0.05) is 25.8 Å². The number of aromatic nitrogens is 2. The Balaban J connectivity index is 2.66. The van der Waals surface area contributed by atoms with Crippen LogP contribution in [0.25, 0.3) is 0 Å². The maximum atomic E-state index is 5.66. The number of nitrogens with one attached hydrogen (secondary N) is 1. The molecule has 0 aliphatic carbocycles. The van der Waals surface area contributed by atoms with Gasteiger partial charge in [0.15, 0.2) is 0 Å². The highest BCUT2D eigenvalue weighted by molar-refractivity contribution is 5.03. The monoisotopic (exact) mass is 282 g/mol. The third-order valence-corrected chi connectivity index (χ3v) is 3.96. The largest absolute Gasteiger partial charge is 0.379 e. The molecule has 0 radical (unpaired) electrons. The van der Waals surface area contributed by atoms with Gasteiger partial charge in [0.1, 0.15) is 0 Å². The van der Waals surface area contributed by atoms with Gasteiger partial charge in [-0.15, -0.1) is 0 Å². The lowest BCUT2D eigenvalue weighted by Gasteiger charge is -2.27. The Morgan fingerprint density at radius 1 is 1.40 bits per heavy atom. The molecule has 3 N–H and O–H groups in total. The fourth-order valence-corrected chi connectivity index (χ4v) is 2.47. The first-order chi connectivity index (χ1) is 9.45. The molecule has 1 heterocycles. The Kier molecular flexibility index (Phi) is 6.65. The quantitative estimate of drug-likeness (QED) is 0.539. The Morgan fingerprint density at radius 3 is 2.55 bits per heavy atom. The molecule has 0 saturated carbocycles. The van der Waals surface area contributed by atoms with Gasteiger partial charge < -0.3 is 4.74 Å². The molecule has 1 atom stereocenters. The van der Waals surface area contributed by atoms with Gasteiger partial charge in [0.25, 0.3) is 0 Å². The number of ether oxygens (including phenoxy) is 1. The molecule has 1 unspecified atom stereocenters. The Bertz CT molecular complexity index is 385. The van der Waals surface area contributed by atoms with Crippen molar-refractivity contribution in [2.45, 2.75) is 71.1 Å². The van der Waals surface area contributed by atoms with Crippen LogP contribution in [-0.2, 0) is 11.2 Å². The molecular formula is C15H30N4O. The van der Waals surface area contributed by atoms with Gasteiger partial charge >= 0.3 is 0 Å². The van der Waals surface area contributed by atoms with Gasteiger partial charge in [-0.1, -0.05) is 13.8 Å². The van der Waals surface area contributed by atoms with E-state index in [1.54, 1.807) is 7.11 Å². The molecule has 0 aliphatic heterocycles. The zero-order valence-electron chi connectivity index (χ0n) is 13.5. The van der Waals surface area contributed by atoms with Gasteiger partial charge in [-0.3, -0.25) is 16.0 Å². The summed E-state index contributed by atoms with van der Waals surface area (Å²) in [5.74, 6) is 5.66. The van der Waals surface area contributed by atoms with E-state index < -0.39 is 0 Å². The van der Waals surface area contributed by atoms with E-state index in [1.807, 2.05) is 0 Å². The molecule has 0 amide bonds.